The monoisotopic (exact) mass is 696 g/mol. The molecule has 2 heteroatoms. The minimum absolute atomic E-state index is 0.492. The van der Waals surface area contributed by atoms with Crippen LogP contribution in [0.4, 0.5) is 0 Å². The van der Waals surface area contributed by atoms with Crippen LogP contribution in [0.25, 0.3) is 88.3 Å². The maximum atomic E-state index is 5.01. The summed E-state index contributed by atoms with van der Waals surface area (Å²) in [6, 6.07) is 69.0. The molecule has 254 valence electrons. The largest absolute Gasteiger partial charge is 0.255 e. The van der Waals surface area contributed by atoms with Gasteiger partial charge in [0.05, 0.1) is 22.5 Å². The Labute approximate surface area is 319 Å². The number of pyridine rings is 2. The van der Waals surface area contributed by atoms with Gasteiger partial charge >= 0.3 is 0 Å². The summed E-state index contributed by atoms with van der Waals surface area (Å²) in [6.45, 7) is 0. The highest BCUT2D eigenvalue weighted by molar-refractivity contribution is 6.22. The summed E-state index contributed by atoms with van der Waals surface area (Å²) in [7, 11) is 0. The molecule has 1 spiro atoms. The molecule has 12 rings (SSSR count). The SMILES string of the molecule is c1ccc(-c2cccc(-c3ccc(-c4cc5c(c6ccccc46)C4(c6ccccc6-c6ccccc64)c4c-5c5ccccc5c5ccccc45)cc3)n2)nc1. The van der Waals surface area contributed by atoms with Crippen molar-refractivity contribution in [1.82, 2.24) is 9.97 Å². The summed E-state index contributed by atoms with van der Waals surface area (Å²) in [5.41, 5.74) is 16.5. The summed E-state index contributed by atoms with van der Waals surface area (Å²) in [5, 5.41) is 7.75. The van der Waals surface area contributed by atoms with Crippen molar-refractivity contribution in [3.05, 3.63) is 217 Å². The Kier molecular flexibility index (Phi) is 6.29. The predicted octanol–water partition coefficient (Wildman–Crippen LogP) is 13.3. The number of aromatic nitrogens is 2. The highest BCUT2D eigenvalue weighted by Gasteiger charge is 2.54. The Morgan fingerprint density at radius 2 is 0.855 bits per heavy atom. The van der Waals surface area contributed by atoms with Gasteiger partial charge in [-0.15, -0.1) is 0 Å². The van der Waals surface area contributed by atoms with E-state index in [4.69, 9.17) is 4.98 Å². The number of rotatable bonds is 3. The lowest BCUT2D eigenvalue weighted by Gasteiger charge is -2.33. The molecule has 2 aliphatic carbocycles. The standard InChI is InChI=1S/C53H32N2/c1-4-19-40-35(14-1)36-15-2-6-21-42(36)52-50(40)44-32-43(33-27-29-34(30-28-33)47-25-13-26-49(55-47)48-24-11-12-31-54-48)37-16-3-5-20-41(37)51(44)53(52)45-22-9-7-17-38(45)39-18-8-10-23-46(39)53/h1-32H. The lowest BCUT2D eigenvalue weighted by atomic mass is 9.68. The van der Waals surface area contributed by atoms with Gasteiger partial charge in [-0.25, -0.2) is 4.98 Å². The molecule has 2 aromatic heterocycles. The van der Waals surface area contributed by atoms with Crippen molar-refractivity contribution >= 4 is 32.3 Å². The average molecular weight is 697 g/mol. The van der Waals surface area contributed by atoms with E-state index >= 15 is 0 Å². The molecule has 2 nitrogen and oxygen atoms in total. The molecule has 2 aliphatic rings. The smallest absolute Gasteiger partial charge is 0.0893 e. The van der Waals surface area contributed by atoms with E-state index < -0.39 is 5.41 Å². The average Bonchev–Trinajstić information content (AvgIpc) is 3.74. The number of nitrogens with zero attached hydrogens (tertiary/aromatic N) is 2. The fraction of sp³-hybridized carbons (Fsp3) is 0.0189. The van der Waals surface area contributed by atoms with Crippen LogP contribution in [0.5, 0.6) is 0 Å². The molecule has 10 aromatic rings. The first-order chi connectivity index (χ1) is 27.3. The van der Waals surface area contributed by atoms with Crippen molar-refractivity contribution in [3.8, 4) is 56.0 Å². The Hall–Kier alpha value is -7.16. The van der Waals surface area contributed by atoms with Gasteiger partial charge in [0.25, 0.3) is 0 Å². The lowest BCUT2D eigenvalue weighted by Crippen LogP contribution is -2.26. The Bertz CT molecular complexity index is 3150. The Morgan fingerprint density at radius 1 is 0.327 bits per heavy atom. The van der Waals surface area contributed by atoms with E-state index in [0.29, 0.717) is 0 Å². The van der Waals surface area contributed by atoms with Crippen LogP contribution in [0.2, 0.25) is 0 Å². The fourth-order valence-corrected chi connectivity index (χ4v) is 10.00. The van der Waals surface area contributed by atoms with E-state index in [0.717, 1.165) is 22.6 Å². The predicted molar refractivity (Wildman–Crippen MR) is 227 cm³/mol. The van der Waals surface area contributed by atoms with Crippen LogP contribution in [0, 0.1) is 0 Å². The lowest BCUT2D eigenvalue weighted by molar-refractivity contribution is 0.809. The summed E-state index contributed by atoms with van der Waals surface area (Å²) < 4.78 is 0. The molecule has 0 fully saturated rings. The van der Waals surface area contributed by atoms with Gasteiger partial charge in [-0.1, -0.05) is 158 Å². The van der Waals surface area contributed by atoms with Gasteiger partial charge in [-0.05, 0) is 118 Å². The van der Waals surface area contributed by atoms with E-state index in [1.54, 1.807) is 0 Å². The first-order valence-electron chi connectivity index (χ1n) is 19.0. The summed E-state index contributed by atoms with van der Waals surface area (Å²) in [6.07, 6.45) is 1.81. The van der Waals surface area contributed by atoms with Gasteiger partial charge < -0.3 is 0 Å². The van der Waals surface area contributed by atoms with Gasteiger partial charge in [0.2, 0.25) is 0 Å². The fourth-order valence-electron chi connectivity index (χ4n) is 10.00. The van der Waals surface area contributed by atoms with Crippen LogP contribution >= 0.6 is 0 Å². The van der Waals surface area contributed by atoms with Crippen molar-refractivity contribution in [1.29, 1.82) is 0 Å². The van der Waals surface area contributed by atoms with Crippen LogP contribution in [0.3, 0.4) is 0 Å². The minimum atomic E-state index is -0.492. The zero-order valence-electron chi connectivity index (χ0n) is 29.9. The van der Waals surface area contributed by atoms with E-state index in [-0.39, 0.29) is 0 Å². The van der Waals surface area contributed by atoms with Crippen molar-refractivity contribution in [2.75, 3.05) is 0 Å². The van der Waals surface area contributed by atoms with Crippen LogP contribution in [-0.2, 0) is 5.41 Å². The second kappa shape index (κ2) is 11.4. The van der Waals surface area contributed by atoms with Crippen molar-refractivity contribution in [3.63, 3.8) is 0 Å². The minimum Gasteiger partial charge on any atom is -0.255 e. The third-order valence-electron chi connectivity index (χ3n) is 12.1. The first kappa shape index (κ1) is 30.3. The van der Waals surface area contributed by atoms with E-state index in [9.17, 15) is 0 Å². The van der Waals surface area contributed by atoms with Crippen molar-refractivity contribution < 1.29 is 0 Å². The van der Waals surface area contributed by atoms with Gasteiger partial charge in [-0.2, -0.15) is 0 Å². The van der Waals surface area contributed by atoms with Gasteiger partial charge in [0.15, 0.2) is 0 Å². The van der Waals surface area contributed by atoms with Crippen molar-refractivity contribution in [2.45, 2.75) is 5.41 Å². The molecule has 0 aliphatic heterocycles. The molecule has 0 N–H and O–H groups in total. The molecule has 0 unspecified atom stereocenters. The van der Waals surface area contributed by atoms with Gasteiger partial charge in [0, 0.05) is 11.8 Å². The maximum Gasteiger partial charge on any atom is 0.0893 e. The Balaban J connectivity index is 1.17. The molecule has 8 aromatic carbocycles. The van der Waals surface area contributed by atoms with Crippen LogP contribution < -0.4 is 0 Å². The highest BCUT2D eigenvalue weighted by Crippen LogP contribution is 2.67. The first-order valence-corrected chi connectivity index (χ1v) is 19.0. The molecule has 0 saturated heterocycles. The van der Waals surface area contributed by atoms with Crippen molar-refractivity contribution in [2.24, 2.45) is 0 Å². The van der Waals surface area contributed by atoms with Crippen LogP contribution in [0.1, 0.15) is 22.3 Å². The number of hydrogen-bond donors (Lipinski definition) is 0. The molecule has 0 amide bonds. The molecule has 55 heavy (non-hydrogen) atoms. The summed E-state index contributed by atoms with van der Waals surface area (Å²) in [5.74, 6) is 0. The number of hydrogen-bond acceptors (Lipinski definition) is 2. The van der Waals surface area contributed by atoms with Crippen LogP contribution in [0.15, 0.2) is 194 Å². The topological polar surface area (TPSA) is 25.8 Å². The van der Waals surface area contributed by atoms with Gasteiger partial charge in [0.1, 0.15) is 0 Å². The zero-order valence-corrected chi connectivity index (χ0v) is 29.9. The number of benzene rings is 8. The molecular formula is C53H32N2. The third-order valence-corrected chi connectivity index (χ3v) is 12.1. The van der Waals surface area contributed by atoms with E-state index in [1.165, 1.54) is 88.0 Å². The normalized spacial score (nSPS) is 13.2. The quantitative estimate of drug-likeness (QED) is 0.172. The van der Waals surface area contributed by atoms with Gasteiger partial charge in [-0.3, -0.25) is 4.98 Å². The second-order valence-corrected chi connectivity index (χ2v) is 14.8. The molecule has 0 bridgehead atoms. The highest BCUT2D eigenvalue weighted by atomic mass is 14.8. The Morgan fingerprint density at radius 3 is 1.55 bits per heavy atom. The zero-order chi connectivity index (χ0) is 36.1. The third kappa shape index (κ3) is 4.08. The number of fused-ring (bicyclic) bond motifs is 17. The van der Waals surface area contributed by atoms with E-state index in [1.807, 2.05) is 30.5 Å². The maximum absolute atomic E-state index is 5.01. The van der Waals surface area contributed by atoms with E-state index in [2.05, 4.69) is 169 Å². The summed E-state index contributed by atoms with van der Waals surface area (Å²) >= 11 is 0. The molecular weight excluding hydrogens is 665 g/mol. The second-order valence-electron chi connectivity index (χ2n) is 14.8. The van der Waals surface area contributed by atoms with Crippen LogP contribution in [-0.4, -0.2) is 9.97 Å². The molecule has 0 radical (unpaired) electrons. The molecule has 0 saturated carbocycles. The molecule has 2 heterocycles. The summed E-state index contributed by atoms with van der Waals surface area (Å²) in [4.78, 5) is 9.54. The molecule has 0 atom stereocenters.